The molecule has 0 saturated heterocycles. The molecule has 0 aliphatic rings. The van der Waals surface area contributed by atoms with Crippen LogP contribution in [0.1, 0.15) is 29.8 Å². The van der Waals surface area contributed by atoms with Crippen LogP contribution in [0.3, 0.4) is 0 Å². The fraction of sp³-hybridized carbons (Fsp3) is 0.429. The lowest BCUT2D eigenvalue weighted by molar-refractivity contribution is 0.0773. The van der Waals surface area contributed by atoms with E-state index in [0.717, 1.165) is 5.56 Å². The molecule has 2 amide bonds. The van der Waals surface area contributed by atoms with E-state index in [9.17, 15) is 9.59 Å². The summed E-state index contributed by atoms with van der Waals surface area (Å²) in [6, 6.07) is 7.20. The van der Waals surface area contributed by atoms with E-state index in [0.29, 0.717) is 25.2 Å². The van der Waals surface area contributed by atoms with Crippen LogP contribution in [0.5, 0.6) is 0 Å². The fourth-order valence-corrected chi connectivity index (χ4v) is 1.70. The Morgan fingerprint density at radius 3 is 2.21 bits per heavy atom. The molecule has 0 saturated carbocycles. The first kappa shape index (κ1) is 15.0. The van der Waals surface area contributed by atoms with Gasteiger partial charge in [-0.3, -0.25) is 4.79 Å². The Hall–Kier alpha value is -2.04. The molecule has 0 atom stereocenters. The van der Waals surface area contributed by atoms with E-state index in [1.54, 1.807) is 17.0 Å². The first-order chi connectivity index (χ1) is 9.12. The molecule has 0 heterocycles. The molecule has 0 radical (unpaired) electrons. The van der Waals surface area contributed by atoms with Crippen LogP contribution in [0.4, 0.5) is 4.79 Å². The molecule has 5 nitrogen and oxygen atoms in total. The second-order valence-corrected chi connectivity index (χ2v) is 4.02. The van der Waals surface area contributed by atoms with E-state index in [2.05, 4.69) is 10.1 Å². The van der Waals surface area contributed by atoms with Crippen molar-refractivity contribution in [1.29, 1.82) is 0 Å². The van der Waals surface area contributed by atoms with Gasteiger partial charge in [-0.1, -0.05) is 12.1 Å². The maximum absolute atomic E-state index is 12.1. The fourth-order valence-electron chi connectivity index (χ4n) is 1.70. The summed E-state index contributed by atoms with van der Waals surface area (Å²) in [6.07, 6.45) is -0.469. The highest BCUT2D eigenvalue weighted by atomic mass is 16.5. The second-order valence-electron chi connectivity index (χ2n) is 4.02. The molecule has 0 aliphatic heterocycles. The lowest BCUT2D eigenvalue weighted by Crippen LogP contribution is -2.30. The second kappa shape index (κ2) is 7.41. The van der Waals surface area contributed by atoms with Gasteiger partial charge in [-0.05, 0) is 31.5 Å². The Morgan fingerprint density at radius 2 is 1.74 bits per heavy atom. The number of nitrogens with zero attached hydrogens (tertiary/aromatic N) is 1. The van der Waals surface area contributed by atoms with E-state index in [1.165, 1.54) is 7.11 Å². The van der Waals surface area contributed by atoms with E-state index in [-0.39, 0.29) is 5.91 Å². The molecule has 0 fully saturated rings. The van der Waals surface area contributed by atoms with Gasteiger partial charge in [-0.2, -0.15) is 0 Å². The molecule has 1 aromatic rings. The summed E-state index contributed by atoms with van der Waals surface area (Å²) in [5, 5.41) is 2.59. The van der Waals surface area contributed by atoms with Crippen molar-refractivity contribution in [2.24, 2.45) is 0 Å². The average molecular weight is 264 g/mol. The maximum atomic E-state index is 12.1. The average Bonchev–Trinajstić information content (AvgIpc) is 2.46. The van der Waals surface area contributed by atoms with Crippen molar-refractivity contribution in [3.8, 4) is 0 Å². The van der Waals surface area contributed by atoms with Crippen molar-refractivity contribution in [2.45, 2.75) is 20.4 Å². The Labute approximate surface area is 113 Å². The summed E-state index contributed by atoms with van der Waals surface area (Å²) in [5.74, 6) is 0.0254. The Balaban J connectivity index is 2.65. The van der Waals surface area contributed by atoms with Crippen LogP contribution in [0.25, 0.3) is 0 Å². The minimum absolute atomic E-state index is 0.0254. The summed E-state index contributed by atoms with van der Waals surface area (Å²) in [4.78, 5) is 24.8. The zero-order chi connectivity index (χ0) is 14.3. The number of hydrogen-bond acceptors (Lipinski definition) is 3. The number of hydrogen-bond donors (Lipinski definition) is 1. The molecule has 0 aliphatic carbocycles. The van der Waals surface area contributed by atoms with Gasteiger partial charge in [0.2, 0.25) is 0 Å². The number of alkyl carbamates (subject to hydrolysis) is 1. The van der Waals surface area contributed by atoms with E-state index >= 15 is 0 Å². The number of benzene rings is 1. The number of ether oxygens (including phenoxy) is 1. The maximum Gasteiger partial charge on any atom is 0.407 e. The van der Waals surface area contributed by atoms with E-state index in [1.807, 2.05) is 26.0 Å². The molecule has 1 rings (SSSR count). The van der Waals surface area contributed by atoms with Gasteiger partial charge in [0.15, 0.2) is 0 Å². The SMILES string of the molecule is CCN(CC)C(=O)c1ccc(CNC(=O)OC)cc1. The zero-order valence-corrected chi connectivity index (χ0v) is 11.6. The van der Waals surface area contributed by atoms with Gasteiger partial charge in [0.05, 0.1) is 7.11 Å². The zero-order valence-electron chi connectivity index (χ0n) is 11.6. The van der Waals surface area contributed by atoms with Gasteiger partial charge in [0.25, 0.3) is 5.91 Å². The molecular formula is C14H20N2O3. The molecule has 1 N–H and O–H groups in total. The molecule has 5 heteroatoms. The van der Waals surface area contributed by atoms with Crippen LogP contribution >= 0.6 is 0 Å². The first-order valence-corrected chi connectivity index (χ1v) is 6.32. The van der Waals surface area contributed by atoms with Gasteiger partial charge in [0.1, 0.15) is 0 Å². The Morgan fingerprint density at radius 1 is 1.16 bits per heavy atom. The van der Waals surface area contributed by atoms with Gasteiger partial charge in [-0.15, -0.1) is 0 Å². The Kier molecular flexibility index (Phi) is 5.85. The smallest absolute Gasteiger partial charge is 0.407 e. The number of nitrogens with one attached hydrogen (secondary N) is 1. The van der Waals surface area contributed by atoms with Crippen LogP contribution in [-0.4, -0.2) is 37.1 Å². The lowest BCUT2D eigenvalue weighted by Gasteiger charge is -2.18. The van der Waals surface area contributed by atoms with Gasteiger partial charge >= 0.3 is 6.09 Å². The van der Waals surface area contributed by atoms with Crippen molar-refractivity contribution in [1.82, 2.24) is 10.2 Å². The summed E-state index contributed by atoms with van der Waals surface area (Å²) in [6.45, 7) is 5.68. The minimum atomic E-state index is -0.469. The van der Waals surface area contributed by atoms with Crippen LogP contribution in [0, 0.1) is 0 Å². The molecular weight excluding hydrogens is 244 g/mol. The minimum Gasteiger partial charge on any atom is -0.453 e. The molecule has 104 valence electrons. The van der Waals surface area contributed by atoms with Crippen LogP contribution < -0.4 is 5.32 Å². The van der Waals surface area contributed by atoms with E-state index in [4.69, 9.17) is 0 Å². The normalized spacial score (nSPS) is 9.84. The van der Waals surface area contributed by atoms with Crippen LogP contribution in [-0.2, 0) is 11.3 Å². The van der Waals surface area contributed by atoms with Crippen LogP contribution in [0.15, 0.2) is 24.3 Å². The molecule has 0 bridgehead atoms. The standard InChI is InChI=1S/C14H20N2O3/c1-4-16(5-2)13(17)12-8-6-11(7-9-12)10-15-14(18)19-3/h6-9H,4-5,10H2,1-3H3,(H,15,18). The lowest BCUT2D eigenvalue weighted by atomic mass is 10.1. The molecule has 0 aromatic heterocycles. The van der Waals surface area contributed by atoms with Crippen molar-refractivity contribution in [2.75, 3.05) is 20.2 Å². The van der Waals surface area contributed by atoms with Crippen molar-refractivity contribution in [3.05, 3.63) is 35.4 Å². The molecule has 0 spiro atoms. The molecule has 0 unspecified atom stereocenters. The summed E-state index contributed by atoms with van der Waals surface area (Å²) >= 11 is 0. The first-order valence-electron chi connectivity index (χ1n) is 6.32. The predicted molar refractivity (Wildman–Crippen MR) is 72.9 cm³/mol. The number of carbonyl (C=O) groups excluding carboxylic acids is 2. The van der Waals surface area contributed by atoms with Crippen molar-refractivity contribution < 1.29 is 14.3 Å². The highest BCUT2D eigenvalue weighted by molar-refractivity contribution is 5.94. The molecule has 19 heavy (non-hydrogen) atoms. The predicted octanol–water partition coefficient (Wildman–Crippen LogP) is 2.02. The third-order valence-electron chi connectivity index (χ3n) is 2.87. The van der Waals surface area contributed by atoms with Gasteiger partial charge in [0, 0.05) is 25.2 Å². The van der Waals surface area contributed by atoms with Crippen molar-refractivity contribution >= 4 is 12.0 Å². The number of carbonyl (C=O) groups is 2. The Bertz CT molecular complexity index is 425. The summed E-state index contributed by atoms with van der Waals surface area (Å²) in [7, 11) is 1.32. The largest absolute Gasteiger partial charge is 0.453 e. The van der Waals surface area contributed by atoms with E-state index < -0.39 is 6.09 Å². The van der Waals surface area contributed by atoms with Gasteiger partial charge in [-0.25, -0.2) is 4.79 Å². The number of amides is 2. The van der Waals surface area contributed by atoms with Crippen LogP contribution in [0.2, 0.25) is 0 Å². The highest BCUT2D eigenvalue weighted by Crippen LogP contribution is 2.08. The topological polar surface area (TPSA) is 58.6 Å². The number of rotatable bonds is 5. The monoisotopic (exact) mass is 264 g/mol. The third-order valence-corrected chi connectivity index (χ3v) is 2.87. The molecule has 1 aromatic carbocycles. The quantitative estimate of drug-likeness (QED) is 0.885. The highest BCUT2D eigenvalue weighted by Gasteiger charge is 2.11. The third kappa shape index (κ3) is 4.28. The van der Waals surface area contributed by atoms with Gasteiger partial charge < -0.3 is 15.0 Å². The summed E-state index contributed by atoms with van der Waals surface area (Å²) < 4.78 is 4.48. The summed E-state index contributed by atoms with van der Waals surface area (Å²) in [5.41, 5.74) is 1.58. The van der Waals surface area contributed by atoms with Crippen molar-refractivity contribution in [3.63, 3.8) is 0 Å². The number of methoxy groups -OCH3 is 1.